The Morgan fingerprint density at radius 3 is 2.52 bits per heavy atom. The van der Waals surface area contributed by atoms with Crippen molar-refractivity contribution in [2.45, 2.75) is 38.8 Å². The summed E-state index contributed by atoms with van der Waals surface area (Å²) in [5.74, 6) is -3.63. The molecule has 33 heavy (non-hydrogen) atoms. The minimum Gasteiger partial charge on any atom is -0.338 e. The molecule has 0 unspecified atom stereocenters. The van der Waals surface area contributed by atoms with Crippen LogP contribution in [0.2, 0.25) is 0 Å². The Bertz CT molecular complexity index is 1180. The molecule has 2 aromatic rings. The van der Waals surface area contributed by atoms with Crippen molar-refractivity contribution in [3.05, 3.63) is 58.0 Å². The van der Waals surface area contributed by atoms with Crippen molar-refractivity contribution in [2.75, 3.05) is 19.6 Å². The molecule has 2 aliphatic rings. The molecular formula is C22H21F5N4O2. The Morgan fingerprint density at radius 2 is 1.91 bits per heavy atom. The summed E-state index contributed by atoms with van der Waals surface area (Å²) in [6.45, 7) is 5.13. The first kappa shape index (κ1) is 22.9. The molecule has 2 aliphatic heterocycles. The van der Waals surface area contributed by atoms with E-state index in [2.05, 4.69) is 10.2 Å². The van der Waals surface area contributed by atoms with Gasteiger partial charge in [-0.25, -0.2) is 8.78 Å². The maximum absolute atomic E-state index is 13.8. The van der Waals surface area contributed by atoms with E-state index in [-0.39, 0.29) is 47.6 Å². The second kappa shape index (κ2) is 7.67. The molecule has 0 saturated heterocycles. The molecule has 0 radical (unpaired) electrons. The van der Waals surface area contributed by atoms with Gasteiger partial charge in [-0.15, -0.1) is 0 Å². The van der Waals surface area contributed by atoms with Crippen LogP contribution >= 0.6 is 0 Å². The SMILES string of the molecule is CCN1CCC2=C(C1=O)c1[nH]nc(C(F)(F)F)c1C(C)(C)CN2C(=O)c1ccc(F)c(F)c1. The Hall–Kier alpha value is -3.24. The number of rotatable bonds is 2. The molecule has 1 aromatic carbocycles. The summed E-state index contributed by atoms with van der Waals surface area (Å²) in [6.07, 6.45) is -4.59. The van der Waals surface area contributed by atoms with Crippen molar-refractivity contribution in [1.82, 2.24) is 20.0 Å². The molecule has 6 nitrogen and oxygen atoms in total. The Morgan fingerprint density at radius 1 is 1.21 bits per heavy atom. The smallest absolute Gasteiger partial charge is 0.338 e. The van der Waals surface area contributed by atoms with E-state index in [0.29, 0.717) is 6.54 Å². The van der Waals surface area contributed by atoms with Crippen LogP contribution in [0.15, 0.2) is 23.9 Å². The zero-order valence-corrected chi connectivity index (χ0v) is 18.1. The second-order valence-electron chi connectivity index (χ2n) is 8.68. The van der Waals surface area contributed by atoms with Crippen LogP contribution in [0.3, 0.4) is 0 Å². The van der Waals surface area contributed by atoms with Gasteiger partial charge in [0.1, 0.15) is 0 Å². The summed E-state index contributed by atoms with van der Waals surface area (Å²) in [5.41, 5.74) is -2.75. The fraction of sp³-hybridized carbons (Fsp3) is 0.409. The van der Waals surface area contributed by atoms with Crippen LogP contribution in [-0.4, -0.2) is 51.4 Å². The summed E-state index contributed by atoms with van der Waals surface area (Å²) in [6, 6.07) is 2.64. The molecule has 2 amide bonds. The first-order valence-electron chi connectivity index (χ1n) is 10.3. The molecule has 1 N–H and O–H groups in total. The largest absolute Gasteiger partial charge is 0.435 e. The molecule has 0 fully saturated rings. The van der Waals surface area contributed by atoms with E-state index in [9.17, 15) is 31.5 Å². The number of hydrogen-bond acceptors (Lipinski definition) is 3. The van der Waals surface area contributed by atoms with E-state index in [0.717, 1.165) is 18.2 Å². The summed E-state index contributed by atoms with van der Waals surface area (Å²) in [4.78, 5) is 29.3. The lowest BCUT2D eigenvalue weighted by Gasteiger charge is -2.35. The van der Waals surface area contributed by atoms with Crippen LogP contribution in [0.25, 0.3) is 5.57 Å². The molecule has 0 aliphatic carbocycles. The topological polar surface area (TPSA) is 69.3 Å². The van der Waals surface area contributed by atoms with Crippen molar-refractivity contribution in [1.29, 1.82) is 0 Å². The number of nitrogens with one attached hydrogen (secondary N) is 1. The number of halogens is 5. The van der Waals surface area contributed by atoms with Gasteiger partial charge >= 0.3 is 6.18 Å². The lowest BCUT2D eigenvalue weighted by atomic mass is 9.81. The van der Waals surface area contributed by atoms with Crippen molar-refractivity contribution < 1.29 is 31.5 Å². The van der Waals surface area contributed by atoms with Crippen LogP contribution in [0.1, 0.15) is 54.5 Å². The minimum absolute atomic E-state index is 0.0670. The predicted octanol–water partition coefficient (Wildman–Crippen LogP) is 4.10. The van der Waals surface area contributed by atoms with Crippen LogP contribution in [0.5, 0.6) is 0 Å². The fourth-order valence-corrected chi connectivity index (χ4v) is 4.51. The molecule has 0 spiro atoms. The summed E-state index contributed by atoms with van der Waals surface area (Å²) in [7, 11) is 0. The van der Waals surface area contributed by atoms with Crippen molar-refractivity contribution in [3.63, 3.8) is 0 Å². The van der Waals surface area contributed by atoms with Crippen LogP contribution in [0, 0.1) is 11.6 Å². The van der Waals surface area contributed by atoms with Gasteiger partial charge in [-0.3, -0.25) is 14.7 Å². The number of amides is 2. The fourth-order valence-electron chi connectivity index (χ4n) is 4.51. The molecule has 0 saturated carbocycles. The summed E-state index contributed by atoms with van der Waals surface area (Å²) < 4.78 is 68.6. The maximum atomic E-state index is 13.8. The maximum Gasteiger partial charge on any atom is 0.435 e. The van der Waals surface area contributed by atoms with E-state index >= 15 is 0 Å². The third-order valence-electron chi connectivity index (χ3n) is 6.04. The lowest BCUT2D eigenvalue weighted by Crippen LogP contribution is -2.43. The summed E-state index contributed by atoms with van der Waals surface area (Å²) in [5, 5.41) is 5.88. The average molecular weight is 468 g/mol. The molecule has 0 atom stereocenters. The van der Waals surface area contributed by atoms with Crippen LogP contribution in [-0.2, 0) is 16.4 Å². The summed E-state index contributed by atoms with van der Waals surface area (Å²) >= 11 is 0. The monoisotopic (exact) mass is 468 g/mol. The molecule has 176 valence electrons. The lowest BCUT2D eigenvalue weighted by molar-refractivity contribution is -0.142. The first-order valence-corrected chi connectivity index (χ1v) is 10.3. The normalized spacial score (nSPS) is 18.2. The number of aromatic amines is 1. The molecule has 0 bridgehead atoms. The highest BCUT2D eigenvalue weighted by molar-refractivity contribution is 6.21. The van der Waals surface area contributed by atoms with E-state index in [1.54, 1.807) is 6.92 Å². The predicted molar refractivity (Wildman–Crippen MR) is 108 cm³/mol. The Kier molecular flexibility index (Phi) is 5.33. The average Bonchev–Trinajstić information content (AvgIpc) is 3.16. The van der Waals surface area contributed by atoms with Crippen molar-refractivity contribution in [3.8, 4) is 0 Å². The molecular weight excluding hydrogens is 447 g/mol. The van der Waals surface area contributed by atoms with Gasteiger partial charge in [0, 0.05) is 48.3 Å². The van der Waals surface area contributed by atoms with Gasteiger partial charge in [-0.05, 0) is 25.1 Å². The number of nitrogens with zero attached hydrogens (tertiary/aromatic N) is 3. The second-order valence-corrected chi connectivity index (χ2v) is 8.68. The highest BCUT2D eigenvalue weighted by atomic mass is 19.4. The number of carbonyl (C=O) groups excluding carboxylic acids is 2. The van der Waals surface area contributed by atoms with Gasteiger partial charge in [0.2, 0.25) is 0 Å². The standard InChI is InChI=1S/C22H21F5N4O2/c1-4-30-8-7-14-15(20(30)33)17-16(18(29-28-17)22(25,26)27)21(2,3)10-31(14)19(32)11-5-6-12(23)13(24)9-11/h5-6,9H,4,7-8,10H2,1-3H3,(H,28,29). The van der Waals surface area contributed by atoms with Gasteiger partial charge in [0.05, 0.1) is 11.3 Å². The minimum atomic E-state index is -4.79. The van der Waals surface area contributed by atoms with Gasteiger partial charge in [-0.1, -0.05) is 13.8 Å². The molecule has 1 aromatic heterocycles. The van der Waals surface area contributed by atoms with Gasteiger partial charge in [-0.2, -0.15) is 18.3 Å². The van der Waals surface area contributed by atoms with Gasteiger partial charge in [0.15, 0.2) is 17.3 Å². The number of alkyl halides is 3. The quantitative estimate of drug-likeness (QED) is 0.675. The van der Waals surface area contributed by atoms with Crippen LogP contribution < -0.4 is 0 Å². The van der Waals surface area contributed by atoms with E-state index < -0.39 is 40.7 Å². The van der Waals surface area contributed by atoms with Crippen LogP contribution in [0.4, 0.5) is 22.0 Å². The van der Waals surface area contributed by atoms with Gasteiger partial charge in [0.25, 0.3) is 11.8 Å². The number of aromatic nitrogens is 2. The molecule has 4 rings (SSSR count). The number of carbonyl (C=O) groups is 2. The zero-order chi connectivity index (χ0) is 24.3. The van der Waals surface area contributed by atoms with E-state index in [1.165, 1.54) is 23.6 Å². The number of fused-ring (bicyclic) bond motifs is 2. The Balaban J connectivity index is 1.95. The number of hydrogen-bond donors (Lipinski definition) is 1. The number of likely N-dealkylation sites (N-methyl/N-ethyl adjacent to an activating group) is 1. The van der Waals surface area contributed by atoms with Gasteiger partial charge < -0.3 is 9.80 Å². The number of H-pyrrole nitrogens is 1. The zero-order valence-electron chi connectivity index (χ0n) is 18.1. The number of benzene rings is 1. The first-order chi connectivity index (χ1) is 15.4. The van der Waals surface area contributed by atoms with Crippen molar-refractivity contribution >= 4 is 17.4 Å². The Labute approximate surface area is 186 Å². The van der Waals surface area contributed by atoms with Crippen molar-refractivity contribution in [2.24, 2.45) is 0 Å². The highest BCUT2D eigenvalue weighted by Gasteiger charge is 2.48. The van der Waals surface area contributed by atoms with E-state index in [4.69, 9.17) is 0 Å². The molecule has 11 heteroatoms. The third kappa shape index (κ3) is 3.68. The third-order valence-corrected chi connectivity index (χ3v) is 6.04. The highest BCUT2D eigenvalue weighted by Crippen LogP contribution is 2.45. The molecule has 3 heterocycles. The van der Waals surface area contributed by atoms with E-state index in [1.807, 2.05) is 0 Å².